The topological polar surface area (TPSA) is 104 Å². The maximum absolute atomic E-state index is 11.0. The number of hydrogen-bond acceptors (Lipinski definition) is 5. The van der Waals surface area contributed by atoms with Gasteiger partial charge in [0, 0.05) is 23.9 Å². The number of ether oxygens (including phenoxy) is 2. The highest BCUT2D eigenvalue weighted by atomic mass is 16.5. The largest absolute Gasteiger partial charge is 0.494 e. The summed E-state index contributed by atoms with van der Waals surface area (Å²) in [5.41, 5.74) is 2.33. The van der Waals surface area contributed by atoms with Gasteiger partial charge in [-0.1, -0.05) is 18.2 Å². The van der Waals surface area contributed by atoms with Crippen molar-refractivity contribution in [2.75, 3.05) is 24.9 Å². The summed E-state index contributed by atoms with van der Waals surface area (Å²) in [6.07, 6.45) is 0.743. The number of nitrogens with one attached hydrogen (secondary N) is 2. The van der Waals surface area contributed by atoms with Crippen LogP contribution in [0.2, 0.25) is 0 Å². The number of carboxylic acid groups (broad SMARTS) is 1. The van der Waals surface area contributed by atoms with Crippen molar-refractivity contribution in [3.8, 4) is 17.6 Å². The molecule has 0 aromatic heterocycles. The monoisotopic (exact) mass is 353 g/mol. The number of benzene rings is 2. The molecule has 0 aliphatic heterocycles. The van der Waals surface area contributed by atoms with Crippen LogP contribution >= 0.6 is 0 Å². The lowest BCUT2D eigenvalue weighted by Gasteiger charge is -2.15. The molecule has 7 heteroatoms. The number of nitrogens with zero attached hydrogens (tertiary/aromatic N) is 1. The Hall–Kier alpha value is -3.66. The molecule has 0 aliphatic carbocycles. The van der Waals surface area contributed by atoms with Crippen LogP contribution in [0.4, 0.5) is 16.2 Å². The van der Waals surface area contributed by atoms with Crippen LogP contribution in [0.25, 0.3) is 0 Å². The highest BCUT2D eigenvalue weighted by Crippen LogP contribution is 2.36. The first kappa shape index (κ1) is 18.7. The molecule has 26 heavy (non-hydrogen) atoms. The first-order valence-corrected chi connectivity index (χ1v) is 7.73. The highest BCUT2D eigenvalue weighted by molar-refractivity contribution is 5.88. The summed E-state index contributed by atoms with van der Waals surface area (Å²) in [5.74, 6) is 0.630. The SMILES string of the molecule is COc1cc(C/C(C#N)=C/Nc2ccccc2)cc(OC)c1NC(=O)O. The predicted octanol–water partition coefficient (Wildman–Crippen LogP) is 3.86. The number of carbonyl (C=O) groups is 1. The lowest BCUT2D eigenvalue weighted by atomic mass is 10.0. The molecule has 0 aliphatic rings. The number of rotatable bonds is 7. The van der Waals surface area contributed by atoms with Gasteiger partial charge < -0.3 is 19.9 Å². The molecule has 0 bridgehead atoms. The Kier molecular flexibility index (Phi) is 6.46. The Bertz CT molecular complexity index is 817. The van der Waals surface area contributed by atoms with Crippen molar-refractivity contribution in [2.45, 2.75) is 6.42 Å². The van der Waals surface area contributed by atoms with E-state index in [-0.39, 0.29) is 5.69 Å². The number of anilines is 2. The van der Waals surface area contributed by atoms with Gasteiger partial charge in [-0.15, -0.1) is 0 Å². The van der Waals surface area contributed by atoms with Crippen LogP contribution < -0.4 is 20.1 Å². The van der Waals surface area contributed by atoms with Gasteiger partial charge >= 0.3 is 6.09 Å². The summed E-state index contributed by atoms with van der Waals surface area (Å²) in [4.78, 5) is 11.0. The lowest BCUT2D eigenvalue weighted by molar-refractivity contribution is 0.209. The van der Waals surface area contributed by atoms with Gasteiger partial charge in [-0.2, -0.15) is 5.26 Å². The van der Waals surface area contributed by atoms with Gasteiger partial charge in [0.25, 0.3) is 0 Å². The first-order chi connectivity index (χ1) is 12.6. The fraction of sp³-hybridized carbons (Fsp3) is 0.158. The summed E-state index contributed by atoms with van der Waals surface area (Å²) in [6, 6.07) is 15.0. The van der Waals surface area contributed by atoms with Gasteiger partial charge in [0.1, 0.15) is 17.2 Å². The maximum atomic E-state index is 11.0. The van der Waals surface area contributed by atoms with E-state index in [0.717, 1.165) is 11.3 Å². The number of para-hydroxylation sites is 1. The standard InChI is InChI=1S/C19H19N3O4/c1-25-16-9-13(10-17(26-2)18(16)22-19(23)24)8-14(11-20)12-21-15-6-4-3-5-7-15/h3-7,9-10,12,21-22H,8H2,1-2H3,(H,23,24)/b14-12-. The molecule has 0 spiro atoms. The number of allylic oxidation sites excluding steroid dienone is 1. The van der Waals surface area contributed by atoms with Gasteiger partial charge in [0.15, 0.2) is 0 Å². The molecular weight excluding hydrogens is 334 g/mol. The van der Waals surface area contributed by atoms with Crippen LogP contribution in [-0.4, -0.2) is 25.4 Å². The van der Waals surface area contributed by atoms with Crippen LogP contribution in [-0.2, 0) is 6.42 Å². The van der Waals surface area contributed by atoms with Crippen LogP contribution in [0.5, 0.6) is 11.5 Å². The van der Waals surface area contributed by atoms with Crippen molar-refractivity contribution < 1.29 is 19.4 Å². The van der Waals surface area contributed by atoms with Crippen molar-refractivity contribution in [2.24, 2.45) is 0 Å². The summed E-state index contributed by atoms with van der Waals surface area (Å²) >= 11 is 0. The van der Waals surface area contributed by atoms with Crippen molar-refractivity contribution in [1.82, 2.24) is 0 Å². The summed E-state index contributed by atoms with van der Waals surface area (Å²) in [7, 11) is 2.87. The second kappa shape index (κ2) is 8.99. The number of methoxy groups -OCH3 is 2. The molecule has 3 N–H and O–H groups in total. The summed E-state index contributed by atoms with van der Waals surface area (Å²) in [6.45, 7) is 0. The van der Waals surface area contributed by atoms with E-state index in [9.17, 15) is 10.1 Å². The van der Waals surface area contributed by atoms with Gasteiger partial charge in [-0.25, -0.2) is 4.79 Å². The Morgan fingerprint density at radius 3 is 2.31 bits per heavy atom. The van der Waals surface area contributed by atoms with E-state index in [1.54, 1.807) is 18.3 Å². The Morgan fingerprint density at radius 2 is 1.81 bits per heavy atom. The smallest absolute Gasteiger partial charge is 0.409 e. The second-order valence-corrected chi connectivity index (χ2v) is 5.27. The molecule has 0 unspecified atom stereocenters. The molecule has 0 atom stereocenters. The van der Waals surface area contributed by atoms with Crippen LogP contribution in [0.1, 0.15) is 5.56 Å². The quantitative estimate of drug-likeness (QED) is 0.653. The molecule has 0 saturated carbocycles. The number of hydrogen-bond donors (Lipinski definition) is 3. The third-order valence-electron chi connectivity index (χ3n) is 3.52. The molecule has 0 radical (unpaired) electrons. The molecule has 134 valence electrons. The third-order valence-corrected chi connectivity index (χ3v) is 3.52. The third kappa shape index (κ3) is 4.92. The van der Waals surface area contributed by atoms with Gasteiger partial charge in [0.05, 0.1) is 20.3 Å². The van der Waals surface area contributed by atoms with E-state index in [1.807, 2.05) is 30.3 Å². The minimum Gasteiger partial charge on any atom is -0.494 e. The molecule has 0 heterocycles. The van der Waals surface area contributed by atoms with E-state index in [4.69, 9.17) is 14.6 Å². The van der Waals surface area contributed by atoms with Crippen LogP contribution in [0.3, 0.4) is 0 Å². The maximum Gasteiger partial charge on any atom is 0.409 e. The normalized spacial score (nSPS) is 10.6. The molecule has 2 aromatic carbocycles. The van der Waals surface area contributed by atoms with E-state index < -0.39 is 6.09 Å². The molecule has 2 aromatic rings. The average molecular weight is 353 g/mol. The number of amides is 1. The number of nitriles is 1. The molecule has 0 saturated heterocycles. The Labute approximate surface area is 151 Å². The second-order valence-electron chi connectivity index (χ2n) is 5.27. The van der Waals surface area contributed by atoms with Crippen molar-refractivity contribution >= 4 is 17.5 Å². The zero-order valence-corrected chi connectivity index (χ0v) is 14.4. The zero-order valence-electron chi connectivity index (χ0n) is 14.4. The Balaban J connectivity index is 2.26. The van der Waals surface area contributed by atoms with Crippen molar-refractivity contribution in [3.63, 3.8) is 0 Å². The fourth-order valence-corrected chi connectivity index (χ4v) is 2.35. The van der Waals surface area contributed by atoms with E-state index in [2.05, 4.69) is 16.7 Å². The van der Waals surface area contributed by atoms with E-state index in [0.29, 0.717) is 23.5 Å². The van der Waals surface area contributed by atoms with Crippen molar-refractivity contribution in [1.29, 1.82) is 5.26 Å². The lowest BCUT2D eigenvalue weighted by Crippen LogP contribution is -2.10. The minimum atomic E-state index is -1.22. The van der Waals surface area contributed by atoms with Crippen LogP contribution in [0.15, 0.2) is 54.2 Å². The minimum absolute atomic E-state index is 0.219. The van der Waals surface area contributed by atoms with E-state index in [1.165, 1.54) is 14.2 Å². The van der Waals surface area contributed by atoms with Crippen molar-refractivity contribution in [3.05, 3.63) is 59.8 Å². The predicted molar refractivity (Wildman–Crippen MR) is 98.7 cm³/mol. The first-order valence-electron chi connectivity index (χ1n) is 7.73. The van der Waals surface area contributed by atoms with Gasteiger partial charge in [-0.3, -0.25) is 5.32 Å². The van der Waals surface area contributed by atoms with Gasteiger partial charge in [0.2, 0.25) is 0 Å². The van der Waals surface area contributed by atoms with E-state index >= 15 is 0 Å². The highest BCUT2D eigenvalue weighted by Gasteiger charge is 2.15. The van der Waals surface area contributed by atoms with Crippen LogP contribution in [0, 0.1) is 11.3 Å². The fourth-order valence-electron chi connectivity index (χ4n) is 2.35. The zero-order chi connectivity index (χ0) is 18.9. The summed E-state index contributed by atoms with van der Waals surface area (Å²) in [5, 5.41) is 23.7. The summed E-state index contributed by atoms with van der Waals surface area (Å²) < 4.78 is 10.5. The average Bonchev–Trinajstić information content (AvgIpc) is 2.66. The molecule has 7 nitrogen and oxygen atoms in total. The molecule has 0 fully saturated rings. The Morgan fingerprint density at radius 1 is 1.19 bits per heavy atom. The molecule has 2 rings (SSSR count). The molecular formula is C19H19N3O4. The van der Waals surface area contributed by atoms with Gasteiger partial charge in [-0.05, 0) is 29.8 Å². The molecule has 1 amide bonds.